The number of rotatable bonds is 6. The van der Waals surface area contributed by atoms with E-state index in [-0.39, 0.29) is 36.2 Å². The standard InChI is InChI=1S/C10H17NO5.Na.H/c1-4-16-8(13)5-6(2)11-9(7(3)12)10(14)15;;/h5,7,9,11-12H,4H2,1-3H3,(H,14,15);;/b6-5+;;/t7?,9-;;/m0../s1. The Hall–Kier alpha value is -0.560. The first-order valence-corrected chi connectivity index (χ1v) is 4.91. The van der Waals surface area contributed by atoms with Gasteiger partial charge in [0.2, 0.25) is 0 Å². The molecule has 0 aromatic heterocycles. The molecule has 0 aliphatic heterocycles. The van der Waals surface area contributed by atoms with Gasteiger partial charge in [-0.25, -0.2) is 9.59 Å². The van der Waals surface area contributed by atoms with Crippen molar-refractivity contribution in [1.82, 2.24) is 5.32 Å². The van der Waals surface area contributed by atoms with Gasteiger partial charge in [0.25, 0.3) is 0 Å². The van der Waals surface area contributed by atoms with Gasteiger partial charge in [-0.15, -0.1) is 0 Å². The van der Waals surface area contributed by atoms with Crippen LogP contribution in [0.15, 0.2) is 11.8 Å². The summed E-state index contributed by atoms with van der Waals surface area (Å²) in [4.78, 5) is 21.7. The number of aliphatic carboxylic acids is 1. The second kappa shape index (κ2) is 9.47. The zero-order valence-corrected chi connectivity index (χ0v) is 9.56. The van der Waals surface area contributed by atoms with E-state index in [1.165, 1.54) is 13.8 Å². The number of esters is 1. The fourth-order valence-corrected chi connectivity index (χ4v) is 1.04. The van der Waals surface area contributed by atoms with Crippen LogP contribution in [0.2, 0.25) is 0 Å². The first-order valence-electron chi connectivity index (χ1n) is 4.91. The van der Waals surface area contributed by atoms with Crippen LogP contribution in [0.5, 0.6) is 0 Å². The van der Waals surface area contributed by atoms with Gasteiger partial charge in [0, 0.05) is 11.8 Å². The second-order valence-corrected chi connectivity index (χ2v) is 3.28. The van der Waals surface area contributed by atoms with Gasteiger partial charge in [0.05, 0.1) is 12.7 Å². The van der Waals surface area contributed by atoms with Gasteiger partial charge in [-0.1, -0.05) is 0 Å². The molecule has 0 radical (unpaired) electrons. The average molecular weight is 255 g/mol. The molecular weight excluding hydrogens is 237 g/mol. The molecule has 0 fully saturated rings. The van der Waals surface area contributed by atoms with Crippen molar-refractivity contribution in [2.45, 2.75) is 32.9 Å². The number of allylic oxidation sites excluding steroid dienone is 1. The van der Waals surface area contributed by atoms with Gasteiger partial charge in [0.1, 0.15) is 0 Å². The van der Waals surface area contributed by atoms with Crippen molar-refractivity contribution in [3.05, 3.63) is 11.8 Å². The quantitative estimate of drug-likeness (QED) is 0.327. The Kier molecular flexibility index (Phi) is 10.5. The summed E-state index contributed by atoms with van der Waals surface area (Å²) in [5.74, 6) is -1.74. The molecule has 7 heteroatoms. The molecule has 6 nitrogen and oxygen atoms in total. The Bertz CT molecular complexity index is 290. The van der Waals surface area contributed by atoms with Crippen molar-refractivity contribution in [3.8, 4) is 0 Å². The molecule has 0 heterocycles. The summed E-state index contributed by atoms with van der Waals surface area (Å²) in [5.41, 5.74) is 0.326. The van der Waals surface area contributed by atoms with E-state index in [1.807, 2.05) is 0 Å². The molecule has 0 aliphatic rings. The summed E-state index contributed by atoms with van der Waals surface area (Å²) < 4.78 is 4.65. The summed E-state index contributed by atoms with van der Waals surface area (Å²) in [6, 6.07) is -1.15. The minimum absolute atomic E-state index is 0. The normalized spacial score (nSPS) is 14.2. The van der Waals surface area contributed by atoms with Crippen LogP contribution in [0.4, 0.5) is 0 Å². The number of aliphatic hydroxyl groups is 1. The fourth-order valence-electron chi connectivity index (χ4n) is 1.04. The van der Waals surface area contributed by atoms with Crippen LogP contribution in [0, 0.1) is 0 Å². The zero-order valence-electron chi connectivity index (χ0n) is 9.56. The molecule has 2 atom stereocenters. The first kappa shape index (κ1) is 18.8. The molecule has 0 aromatic carbocycles. The molecule has 17 heavy (non-hydrogen) atoms. The van der Waals surface area contributed by atoms with Gasteiger partial charge in [0.15, 0.2) is 6.04 Å². The number of hydrogen-bond acceptors (Lipinski definition) is 5. The molecule has 0 aromatic rings. The van der Waals surface area contributed by atoms with Crippen LogP contribution in [-0.4, -0.2) is 70.5 Å². The Morgan fingerprint density at radius 3 is 2.35 bits per heavy atom. The van der Waals surface area contributed by atoms with E-state index in [1.54, 1.807) is 6.92 Å². The van der Waals surface area contributed by atoms with Crippen LogP contribution >= 0.6 is 0 Å². The number of hydrogen-bond donors (Lipinski definition) is 3. The van der Waals surface area contributed by atoms with E-state index in [0.29, 0.717) is 5.70 Å². The van der Waals surface area contributed by atoms with Crippen LogP contribution in [-0.2, 0) is 14.3 Å². The van der Waals surface area contributed by atoms with Gasteiger partial charge in [-0.3, -0.25) is 0 Å². The number of carboxylic acids is 1. The summed E-state index contributed by atoms with van der Waals surface area (Å²) in [6.07, 6.45) is 0.0741. The summed E-state index contributed by atoms with van der Waals surface area (Å²) >= 11 is 0. The van der Waals surface area contributed by atoms with Gasteiger partial charge in [-0.05, 0) is 20.8 Å². The van der Waals surface area contributed by atoms with E-state index in [2.05, 4.69) is 10.1 Å². The SMILES string of the molecule is CCOC(=O)/C=C(\C)N[C@H](C(=O)O)C(C)O.[NaH]. The molecular formula is C10H18NNaO5. The Labute approximate surface area is 122 Å². The molecule has 94 valence electrons. The zero-order chi connectivity index (χ0) is 12.7. The van der Waals surface area contributed by atoms with Gasteiger partial charge in [-0.2, -0.15) is 0 Å². The van der Waals surface area contributed by atoms with Crippen molar-refractivity contribution >= 4 is 41.5 Å². The number of ether oxygens (including phenoxy) is 1. The molecule has 1 unspecified atom stereocenters. The van der Waals surface area contributed by atoms with Gasteiger partial charge < -0.3 is 20.3 Å². The van der Waals surface area contributed by atoms with Crippen LogP contribution in [0.25, 0.3) is 0 Å². The summed E-state index contributed by atoms with van der Waals surface area (Å²) in [6.45, 7) is 4.80. The Morgan fingerprint density at radius 2 is 2.00 bits per heavy atom. The predicted molar refractivity (Wildman–Crippen MR) is 63.8 cm³/mol. The van der Waals surface area contributed by atoms with E-state index < -0.39 is 24.1 Å². The molecule has 0 amide bonds. The number of carbonyl (C=O) groups excluding carboxylic acids is 1. The molecule has 3 N–H and O–H groups in total. The third-order valence-electron chi connectivity index (χ3n) is 1.75. The van der Waals surface area contributed by atoms with Crippen molar-refractivity contribution in [3.63, 3.8) is 0 Å². The molecule has 0 bridgehead atoms. The molecule has 0 rings (SSSR count). The average Bonchev–Trinajstić information content (AvgIpc) is 2.13. The Morgan fingerprint density at radius 1 is 1.47 bits per heavy atom. The van der Waals surface area contributed by atoms with Crippen LogP contribution in [0.1, 0.15) is 20.8 Å². The predicted octanol–water partition coefficient (Wildman–Crippen LogP) is -0.772. The second-order valence-electron chi connectivity index (χ2n) is 3.28. The fraction of sp³-hybridized carbons (Fsp3) is 0.600. The van der Waals surface area contributed by atoms with Crippen molar-refractivity contribution in [2.24, 2.45) is 0 Å². The molecule has 0 saturated carbocycles. The monoisotopic (exact) mass is 255 g/mol. The van der Waals surface area contributed by atoms with E-state index in [9.17, 15) is 14.7 Å². The third-order valence-corrected chi connectivity index (χ3v) is 1.75. The third kappa shape index (κ3) is 8.20. The Balaban J connectivity index is 0. The molecule has 0 saturated heterocycles. The van der Waals surface area contributed by atoms with Crippen molar-refractivity contribution in [2.75, 3.05) is 6.61 Å². The van der Waals surface area contributed by atoms with Gasteiger partial charge >= 0.3 is 41.5 Å². The number of carbonyl (C=O) groups is 2. The molecule has 0 spiro atoms. The van der Waals surface area contributed by atoms with E-state index in [4.69, 9.17) is 5.11 Å². The van der Waals surface area contributed by atoms with E-state index in [0.717, 1.165) is 6.08 Å². The summed E-state index contributed by atoms with van der Waals surface area (Å²) in [7, 11) is 0. The molecule has 0 aliphatic carbocycles. The number of aliphatic hydroxyl groups excluding tert-OH is 1. The maximum absolute atomic E-state index is 11.0. The number of nitrogens with one attached hydrogen (secondary N) is 1. The van der Waals surface area contributed by atoms with Crippen molar-refractivity contribution in [1.29, 1.82) is 0 Å². The van der Waals surface area contributed by atoms with E-state index >= 15 is 0 Å². The number of carboxylic acid groups (broad SMARTS) is 1. The summed E-state index contributed by atoms with van der Waals surface area (Å²) in [5, 5.41) is 20.5. The van der Waals surface area contributed by atoms with Crippen LogP contribution in [0.3, 0.4) is 0 Å². The van der Waals surface area contributed by atoms with Crippen LogP contribution < -0.4 is 5.32 Å². The first-order chi connectivity index (χ1) is 7.38. The minimum atomic E-state index is -1.19. The topological polar surface area (TPSA) is 95.9 Å². The van der Waals surface area contributed by atoms with Crippen molar-refractivity contribution < 1.29 is 24.5 Å². The maximum atomic E-state index is 11.0.